The summed E-state index contributed by atoms with van der Waals surface area (Å²) in [6, 6.07) is 13.5. The third-order valence-electron chi connectivity index (χ3n) is 5.14. The molecule has 27 heavy (non-hydrogen) atoms. The van der Waals surface area contributed by atoms with Crippen LogP contribution in [-0.2, 0) is 16.0 Å². The fraction of sp³-hybridized carbons (Fsp3) is 0.364. The quantitative estimate of drug-likeness (QED) is 0.853. The Morgan fingerprint density at radius 2 is 1.85 bits per heavy atom. The monoisotopic (exact) mass is 364 g/mol. The van der Waals surface area contributed by atoms with Crippen LogP contribution in [0.3, 0.4) is 0 Å². The Hall–Kier alpha value is -2.82. The van der Waals surface area contributed by atoms with E-state index in [1.54, 1.807) is 0 Å². The van der Waals surface area contributed by atoms with Crippen molar-refractivity contribution in [3.63, 3.8) is 0 Å². The lowest BCUT2D eigenvalue weighted by atomic mass is 9.97. The van der Waals surface area contributed by atoms with Gasteiger partial charge in [0.15, 0.2) is 0 Å². The number of anilines is 1. The topological polar surface area (TPSA) is 67.4 Å². The zero-order chi connectivity index (χ0) is 18.8. The summed E-state index contributed by atoms with van der Waals surface area (Å²) in [4.78, 5) is 24.3. The highest BCUT2D eigenvalue weighted by Gasteiger charge is 2.29. The molecule has 1 aliphatic carbocycles. The highest BCUT2D eigenvalue weighted by molar-refractivity contribution is 5.94. The number of fused-ring (bicyclic) bond motifs is 1. The van der Waals surface area contributed by atoms with Gasteiger partial charge in [-0.05, 0) is 43.0 Å². The summed E-state index contributed by atoms with van der Waals surface area (Å²) in [6.45, 7) is 2.63. The molecule has 2 aliphatic rings. The molecule has 1 heterocycles. The van der Waals surface area contributed by atoms with Crippen molar-refractivity contribution in [2.75, 3.05) is 11.9 Å². The third-order valence-corrected chi connectivity index (χ3v) is 5.14. The number of aryl methyl sites for hydroxylation is 1. The largest absolute Gasteiger partial charge is 0.493 e. The first kappa shape index (κ1) is 17.6. The molecule has 0 spiro atoms. The standard InChI is InChI=1S/C22H24N2O3/c1-14-3-2-4-18-19(11-12-27-21(14)18)24-20(25)13-15-5-9-17(10-6-15)23-22(26)16-7-8-16/h2-6,9-10,16,19H,7-8,11-13H2,1H3,(H,23,26)(H,24,25)/t19-/m0/s1. The zero-order valence-corrected chi connectivity index (χ0v) is 15.5. The number of hydrogen-bond acceptors (Lipinski definition) is 3. The molecule has 2 aromatic carbocycles. The minimum Gasteiger partial charge on any atom is -0.493 e. The van der Waals surface area contributed by atoms with Crippen LogP contribution in [0.5, 0.6) is 5.75 Å². The second-order valence-corrected chi connectivity index (χ2v) is 7.39. The molecule has 1 aliphatic heterocycles. The summed E-state index contributed by atoms with van der Waals surface area (Å²) in [5.41, 5.74) is 3.85. The maximum absolute atomic E-state index is 12.5. The molecular weight excluding hydrogens is 340 g/mol. The van der Waals surface area contributed by atoms with E-state index in [-0.39, 0.29) is 23.8 Å². The lowest BCUT2D eigenvalue weighted by Crippen LogP contribution is -2.33. The van der Waals surface area contributed by atoms with E-state index in [1.807, 2.05) is 49.4 Å². The first-order valence-corrected chi connectivity index (χ1v) is 9.51. The van der Waals surface area contributed by atoms with Crippen molar-refractivity contribution < 1.29 is 14.3 Å². The number of para-hydroxylation sites is 1. The molecule has 0 bridgehead atoms. The van der Waals surface area contributed by atoms with Crippen LogP contribution in [0.15, 0.2) is 42.5 Å². The first-order chi connectivity index (χ1) is 13.1. The Bertz CT molecular complexity index is 856. The molecule has 0 unspecified atom stereocenters. The maximum atomic E-state index is 12.5. The van der Waals surface area contributed by atoms with Crippen LogP contribution in [0.2, 0.25) is 0 Å². The van der Waals surface area contributed by atoms with Crippen LogP contribution < -0.4 is 15.4 Å². The Balaban J connectivity index is 1.36. The number of ether oxygens (including phenoxy) is 1. The van der Waals surface area contributed by atoms with Gasteiger partial charge in [0, 0.05) is 23.6 Å². The fourth-order valence-electron chi connectivity index (χ4n) is 3.46. The molecule has 2 N–H and O–H groups in total. The number of carbonyl (C=O) groups excluding carboxylic acids is 2. The summed E-state index contributed by atoms with van der Waals surface area (Å²) in [7, 11) is 0. The first-order valence-electron chi connectivity index (χ1n) is 9.51. The molecule has 1 fully saturated rings. The maximum Gasteiger partial charge on any atom is 0.227 e. The van der Waals surface area contributed by atoms with E-state index in [9.17, 15) is 9.59 Å². The van der Waals surface area contributed by atoms with Gasteiger partial charge in [-0.25, -0.2) is 0 Å². The number of carbonyl (C=O) groups is 2. The van der Waals surface area contributed by atoms with Crippen LogP contribution >= 0.6 is 0 Å². The molecule has 0 aromatic heterocycles. The van der Waals surface area contributed by atoms with E-state index < -0.39 is 0 Å². The van der Waals surface area contributed by atoms with Crippen molar-refractivity contribution in [1.29, 1.82) is 0 Å². The van der Waals surface area contributed by atoms with E-state index in [2.05, 4.69) is 10.6 Å². The molecule has 140 valence electrons. The number of amides is 2. The summed E-state index contributed by atoms with van der Waals surface area (Å²) in [5.74, 6) is 1.16. The number of benzene rings is 2. The predicted octanol–water partition coefficient (Wildman–Crippen LogP) is 3.53. The fourth-order valence-corrected chi connectivity index (χ4v) is 3.46. The summed E-state index contributed by atoms with van der Waals surface area (Å²) in [6.07, 6.45) is 3.06. The van der Waals surface area contributed by atoms with E-state index in [4.69, 9.17) is 4.74 Å². The van der Waals surface area contributed by atoms with E-state index in [0.717, 1.165) is 47.4 Å². The lowest BCUT2D eigenvalue weighted by Gasteiger charge is -2.28. The summed E-state index contributed by atoms with van der Waals surface area (Å²) in [5, 5.41) is 6.05. The van der Waals surface area contributed by atoms with Gasteiger partial charge in [0.25, 0.3) is 0 Å². The molecule has 1 saturated carbocycles. The minimum absolute atomic E-state index is 0.0101. The van der Waals surface area contributed by atoms with Gasteiger partial charge < -0.3 is 15.4 Å². The van der Waals surface area contributed by atoms with Crippen molar-refractivity contribution in [1.82, 2.24) is 5.32 Å². The minimum atomic E-state index is -0.0155. The van der Waals surface area contributed by atoms with Crippen molar-refractivity contribution in [3.8, 4) is 5.75 Å². The van der Waals surface area contributed by atoms with Gasteiger partial charge in [-0.15, -0.1) is 0 Å². The van der Waals surface area contributed by atoms with Gasteiger partial charge >= 0.3 is 0 Å². The second-order valence-electron chi connectivity index (χ2n) is 7.39. The molecule has 0 saturated heterocycles. The average molecular weight is 364 g/mol. The van der Waals surface area contributed by atoms with Crippen LogP contribution in [0.25, 0.3) is 0 Å². The van der Waals surface area contributed by atoms with E-state index >= 15 is 0 Å². The molecule has 0 radical (unpaired) electrons. The van der Waals surface area contributed by atoms with Crippen LogP contribution in [0, 0.1) is 12.8 Å². The van der Waals surface area contributed by atoms with Crippen molar-refractivity contribution in [2.45, 2.75) is 38.6 Å². The SMILES string of the molecule is Cc1cccc2c1OCC[C@@H]2NC(=O)Cc1ccc(NC(=O)C2CC2)cc1. The van der Waals surface area contributed by atoms with Crippen molar-refractivity contribution >= 4 is 17.5 Å². The number of hydrogen-bond donors (Lipinski definition) is 2. The highest BCUT2D eigenvalue weighted by atomic mass is 16.5. The number of nitrogens with one attached hydrogen (secondary N) is 2. The van der Waals surface area contributed by atoms with Gasteiger partial charge in [-0.3, -0.25) is 9.59 Å². The van der Waals surface area contributed by atoms with Crippen LogP contribution in [-0.4, -0.2) is 18.4 Å². The zero-order valence-electron chi connectivity index (χ0n) is 15.5. The summed E-state index contributed by atoms with van der Waals surface area (Å²) < 4.78 is 5.76. The van der Waals surface area contributed by atoms with E-state index in [0.29, 0.717) is 13.0 Å². The molecule has 1 atom stereocenters. The normalized spacial score (nSPS) is 18.2. The van der Waals surface area contributed by atoms with Crippen molar-refractivity contribution in [2.24, 2.45) is 5.92 Å². The Labute approximate surface area is 159 Å². The lowest BCUT2D eigenvalue weighted by molar-refractivity contribution is -0.121. The Morgan fingerprint density at radius 3 is 2.59 bits per heavy atom. The smallest absolute Gasteiger partial charge is 0.227 e. The third kappa shape index (κ3) is 4.13. The molecule has 2 amide bonds. The molecule has 5 heteroatoms. The van der Waals surface area contributed by atoms with Crippen LogP contribution in [0.4, 0.5) is 5.69 Å². The molecular formula is C22H24N2O3. The van der Waals surface area contributed by atoms with E-state index in [1.165, 1.54) is 0 Å². The Kier molecular flexibility index (Phi) is 4.84. The summed E-state index contributed by atoms with van der Waals surface area (Å²) >= 11 is 0. The molecule has 2 aromatic rings. The predicted molar refractivity (Wildman–Crippen MR) is 104 cm³/mol. The van der Waals surface area contributed by atoms with Gasteiger partial charge in [0.05, 0.1) is 19.1 Å². The second kappa shape index (κ2) is 7.43. The van der Waals surface area contributed by atoms with Crippen molar-refractivity contribution in [3.05, 3.63) is 59.2 Å². The number of rotatable bonds is 5. The molecule has 5 nitrogen and oxygen atoms in total. The van der Waals surface area contributed by atoms with Gasteiger partial charge in [-0.1, -0.05) is 30.3 Å². The van der Waals surface area contributed by atoms with Crippen LogP contribution in [0.1, 0.15) is 42.0 Å². The van der Waals surface area contributed by atoms with Gasteiger partial charge in [0.1, 0.15) is 5.75 Å². The Morgan fingerprint density at radius 1 is 1.07 bits per heavy atom. The molecule has 4 rings (SSSR count). The highest BCUT2D eigenvalue weighted by Crippen LogP contribution is 2.34. The van der Waals surface area contributed by atoms with Gasteiger partial charge in [-0.2, -0.15) is 0 Å². The van der Waals surface area contributed by atoms with Gasteiger partial charge in [0.2, 0.25) is 11.8 Å². The average Bonchev–Trinajstić information content (AvgIpc) is 3.49.